The maximum Gasteiger partial charge on any atom is 0.303 e. The molecule has 10 nitrogen and oxygen atoms in total. The molecule has 24 heavy (non-hydrogen) atoms. The summed E-state index contributed by atoms with van der Waals surface area (Å²) in [6, 6.07) is 0. The van der Waals surface area contributed by atoms with Gasteiger partial charge in [0.05, 0.1) is 0 Å². The number of aliphatic hydroxyl groups is 1. The van der Waals surface area contributed by atoms with Gasteiger partial charge in [0.25, 0.3) is 5.97 Å². The van der Waals surface area contributed by atoms with Gasteiger partial charge in [-0.25, -0.2) is 0 Å². The van der Waals surface area contributed by atoms with Crippen molar-refractivity contribution in [3.8, 4) is 0 Å². The number of carbonyl (C=O) groups is 3. The first-order valence-electron chi connectivity index (χ1n) is 7.30. The molecule has 2 fully saturated rings. The average molecular weight is 348 g/mol. The molecule has 6 atom stereocenters. The highest BCUT2D eigenvalue weighted by molar-refractivity contribution is 5.67. The van der Waals surface area contributed by atoms with Gasteiger partial charge >= 0.3 is 17.9 Å². The van der Waals surface area contributed by atoms with Crippen LogP contribution in [0.2, 0.25) is 0 Å². The Kier molecular flexibility index (Phi) is 5.43. The van der Waals surface area contributed by atoms with E-state index in [1.807, 2.05) is 0 Å². The molecule has 2 heterocycles. The normalized spacial score (nSPS) is 38.1. The fraction of sp³-hybridized carbons (Fsp3) is 0.786. The molecule has 1 N–H and O–H groups in total. The van der Waals surface area contributed by atoms with Gasteiger partial charge in [-0.1, -0.05) is 0 Å². The molecule has 2 rings (SSSR count). The topological polar surface area (TPSA) is 127 Å². The van der Waals surface area contributed by atoms with Gasteiger partial charge in [-0.3, -0.25) is 19.1 Å². The average Bonchev–Trinajstić information content (AvgIpc) is 2.72. The number of ether oxygens (including phenoxy) is 6. The van der Waals surface area contributed by atoms with Crippen LogP contribution in [-0.4, -0.2) is 66.3 Å². The zero-order valence-electron chi connectivity index (χ0n) is 13.7. The van der Waals surface area contributed by atoms with Gasteiger partial charge in [0, 0.05) is 27.7 Å². The Balaban J connectivity index is 2.28. The summed E-state index contributed by atoms with van der Waals surface area (Å²) in [5, 5.41) is 9.89. The SMILES string of the molecule is CC(=O)OC[C@H]1O[C@H]2O[C@@](C)(O)O[C@H]2[C@@H](OC(C)=O)[C@@H]1OC(C)=O. The maximum atomic E-state index is 11.4. The number of esters is 3. The lowest BCUT2D eigenvalue weighted by Crippen LogP contribution is -2.60. The molecular formula is C14H20O10. The minimum atomic E-state index is -1.97. The maximum absolute atomic E-state index is 11.4. The first kappa shape index (κ1) is 18.6. The molecule has 0 aromatic rings. The molecule has 0 amide bonds. The monoisotopic (exact) mass is 348 g/mol. The van der Waals surface area contributed by atoms with Gasteiger partial charge in [0.2, 0.25) is 0 Å². The van der Waals surface area contributed by atoms with Crippen LogP contribution in [0.15, 0.2) is 0 Å². The van der Waals surface area contributed by atoms with Gasteiger partial charge in [0.15, 0.2) is 24.6 Å². The number of hydrogen-bond donors (Lipinski definition) is 1. The van der Waals surface area contributed by atoms with Gasteiger partial charge in [0.1, 0.15) is 12.7 Å². The first-order chi connectivity index (χ1) is 11.1. The first-order valence-corrected chi connectivity index (χ1v) is 7.30. The van der Waals surface area contributed by atoms with E-state index in [1.165, 1.54) is 27.7 Å². The second kappa shape index (κ2) is 7.01. The van der Waals surface area contributed by atoms with E-state index in [0.29, 0.717) is 0 Å². The van der Waals surface area contributed by atoms with E-state index in [4.69, 9.17) is 28.4 Å². The molecule has 136 valence electrons. The fourth-order valence-electron chi connectivity index (χ4n) is 2.59. The van der Waals surface area contributed by atoms with Crippen LogP contribution in [0.25, 0.3) is 0 Å². The molecule has 2 aliphatic rings. The zero-order chi connectivity index (χ0) is 18.1. The van der Waals surface area contributed by atoms with Crippen LogP contribution in [0.4, 0.5) is 0 Å². The predicted molar refractivity (Wildman–Crippen MR) is 73.0 cm³/mol. The van der Waals surface area contributed by atoms with E-state index in [2.05, 4.69) is 0 Å². The van der Waals surface area contributed by atoms with Gasteiger partial charge in [-0.05, 0) is 0 Å². The highest BCUT2D eigenvalue weighted by Gasteiger charge is 2.58. The lowest BCUT2D eigenvalue weighted by Gasteiger charge is -2.40. The second-order valence-corrected chi connectivity index (χ2v) is 5.59. The van der Waals surface area contributed by atoms with E-state index in [-0.39, 0.29) is 6.61 Å². The number of hydrogen-bond acceptors (Lipinski definition) is 10. The van der Waals surface area contributed by atoms with Crippen molar-refractivity contribution in [2.45, 2.75) is 64.4 Å². The van der Waals surface area contributed by atoms with Crippen LogP contribution in [0.3, 0.4) is 0 Å². The third-order valence-corrected chi connectivity index (χ3v) is 3.34. The summed E-state index contributed by atoms with van der Waals surface area (Å²) < 4.78 is 31.3. The van der Waals surface area contributed by atoms with Gasteiger partial charge in [-0.15, -0.1) is 0 Å². The summed E-state index contributed by atoms with van der Waals surface area (Å²) in [6.45, 7) is 4.52. The van der Waals surface area contributed by atoms with Crippen molar-refractivity contribution in [1.29, 1.82) is 0 Å². The third kappa shape index (κ3) is 4.41. The quantitative estimate of drug-likeness (QED) is 0.510. The molecule has 0 aromatic carbocycles. The van der Waals surface area contributed by atoms with Crippen LogP contribution in [0, 0.1) is 0 Å². The van der Waals surface area contributed by atoms with Crippen LogP contribution in [0.5, 0.6) is 0 Å². The van der Waals surface area contributed by atoms with Crippen molar-refractivity contribution < 1.29 is 47.9 Å². The molecule has 0 unspecified atom stereocenters. The van der Waals surface area contributed by atoms with E-state index >= 15 is 0 Å². The molecule has 0 aliphatic carbocycles. The smallest absolute Gasteiger partial charge is 0.303 e. The Morgan fingerprint density at radius 1 is 1.00 bits per heavy atom. The number of rotatable bonds is 4. The lowest BCUT2D eigenvalue weighted by molar-refractivity contribution is -0.322. The second-order valence-electron chi connectivity index (χ2n) is 5.59. The molecule has 10 heteroatoms. The Morgan fingerprint density at radius 3 is 2.12 bits per heavy atom. The van der Waals surface area contributed by atoms with Crippen molar-refractivity contribution in [1.82, 2.24) is 0 Å². The van der Waals surface area contributed by atoms with Crippen LogP contribution in [-0.2, 0) is 42.8 Å². The third-order valence-electron chi connectivity index (χ3n) is 3.34. The van der Waals surface area contributed by atoms with Gasteiger partial charge < -0.3 is 28.8 Å². The van der Waals surface area contributed by atoms with E-state index < -0.39 is 54.6 Å². The van der Waals surface area contributed by atoms with Crippen molar-refractivity contribution in [2.75, 3.05) is 6.61 Å². The van der Waals surface area contributed by atoms with Crippen molar-refractivity contribution in [3.63, 3.8) is 0 Å². The standard InChI is InChI=1S/C14H20O10/c1-6(15)19-5-9-10(20-7(2)16)11(21-8(3)17)12-13(22-9)24-14(4,18)23-12/h9-13,18H,5H2,1-4H3/t9-,10-,11+,12+,13+,14+/m1/s1. The number of fused-ring (bicyclic) bond motifs is 1. The van der Waals surface area contributed by atoms with Crippen LogP contribution >= 0.6 is 0 Å². The number of carbonyl (C=O) groups excluding carboxylic acids is 3. The Morgan fingerprint density at radius 2 is 1.58 bits per heavy atom. The lowest BCUT2D eigenvalue weighted by atomic mass is 9.98. The molecule has 2 aliphatic heterocycles. The minimum absolute atomic E-state index is 0.264. The zero-order valence-corrected chi connectivity index (χ0v) is 13.7. The van der Waals surface area contributed by atoms with E-state index in [9.17, 15) is 19.5 Å². The predicted octanol–water partition coefficient (Wildman–Crippen LogP) is -0.781. The summed E-state index contributed by atoms with van der Waals surface area (Å²) in [6.07, 6.45) is -5.32. The van der Waals surface area contributed by atoms with E-state index in [1.54, 1.807) is 0 Å². The van der Waals surface area contributed by atoms with E-state index in [0.717, 1.165) is 0 Å². The molecule has 0 saturated carbocycles. The molecular weight excluding hydrogens is 328 g/mol. The van der Waals surface area contributed by atoms with Crippen molar-refractivity contribution in [3.05, 3.63) is 0 Å². The van der Waals surface area contributed by atoms with Crippen molar-refractivity contribution in [2.24, 2.45) is 0 Å². The van der Waals surface area contributed by atoms with Crippen LogP contribution < -0.4 is 0 Å². The molecule has 0 spiro atoms. The molecule has 0 radical (unpaired) electrons. The van der Waals surface area contributed by atoms with Crippen LogP contribution in [0.1, 0.15) is 27.7 Å². The summed E-state index contributed by atoms with van der Waals surface area (Å²) in [4.78, 5) is 33.9. The summed E-state index contributed by atoms with van der Waals surface area (Å²) >= 11 is 0. The van der Waals surface area contributed by atoms with Crippen molar-refractivity contribution >= 4 is 17.9 Å². The van der Waals surface area contributed by atoms with Gasteiger partial charge in [-0.2, -0.15) is 0 Å². The summed E-state index contributed by atoms with van der Waals surface area (Å²) in [5.41, 5.74) is 0. The highest BCUT2D eigenvalue weighted by Crippen LogP contribution is 2.37. The molecule has 2 saturated heterocycles. The highest BCUT2D eigenvalue weighted by atomic mass is 16.9. The largest absolute Gasteiger partial charge is 0.463 e. The molecule has 0 bridgehead atoms. The fourth-order valence-corrected chi connectivity index (χ4v) is 2.59. The summed E-state index contributed by atoms with van der Waals surface area (Å²) in [5.74, 6) is -3.84. The Hall–Kier alpha value is -1.75. The summed E-state index contributed by atoms with van der Waals surface area (Å²) in [7, 11) is 0. The molecule has 0 aromatic heterocycles. The minimum Gasteiger partial charge on any atom is -0.463 e. The Labute approximate surface area is 137 Å². The Bertz CT molecular complexity index is 516.